The Morgan fingerprint density at radius 2 is 2.05 bits per heavy atom. The number of fused-ring (bicyclic) bond motifs is 2. The predicted octanol–water partition coefficient (Wildman–Crippen LogP) is 6.35. The summed E-state index contributed by atoms with van der Waals surface area (Å²) in [7, 11) is 4.07. The number of aryl methyl sites for hydroxylation is 1. The molecule has 0 bridgehead atoms. The number of likely N-dealkylation sites (N-methyl/N-ethyl adjacent to an activating group) is 1. The lowest BCUT2D eigenvalue weighted by Gasteiger charge is -2.31. The summed E-state index contributed by atoms with van der Waals surface area (Å²) in [6.07, 6.45) is 5.10. The van der Waals surface area contributed by atoms with E-state index in [2.05, 4.69) is 25.2 Å². The van der Waals surface area contributed by atoms with Gasteiger partial charge >= 0.3 is 0 Å². The van der Waals surface area contributed by atoms with Crippen LogP contribution in [0.2, 0.25) is 5.02 Å². The number of ketones is 1. The molecule has 0 unspecified atom stereocenters. The zero-order chi connectivity index (χ0) is 28.7. The molecule has 1 aliphatic heterocycles. The van der Waals surface area contributed by atoms with E-state index in [1.165, 1.54) is 24.5 Å². The number of hydrogen-bond donors (Lipinski definition) is 2. The van der Waals surface area contributed by atoms with E-state index >= 15 is 0 Å². The van der Waals surface area contributed by atoms with Crippen molar-refractivity contribution in [3.05, 3.63) is 76.6 Å². The zero-order valence-corrected chi connectivity index (χ0v) is 23.6. The summed E-state index contributed by atoms with van der Waals surface area (Å²) in [4.78, 5) is 27.6. The van der Waals surface area contributed by atoms with E-state index in [4.69, 9.17) is 25.5 Å². The summed E-state index contributed by atoms with van der Waals surface area (Å²) in [5.74, 6) is 0.987. The van der Waals surface area contributed by atoms with Gasteiger partial charge in [0.05, 0.1) is 34.7 Å². The van der Waals surface area contributed by atoms with Gasteiger partial charge in [0.2, 0.25) is 0 Å². The molecule has 0 spiro atoms. The molecule has 2 N–H and O–H groups in total. The van der Waals surface area contributed by atoms with Crippen LogP contribution < -0.4 is 10.1 Å². The summed E-state index contributed by atoms with van der Waals surface area (Å²) < 4.78 is 31.8. The smallest absolute Gasteiger partial charge is 0.196 e. The van der Waals surface area contributed by atoms with E-state index in [0.717, 1.165) is 19.4 Å². The van der Waals surface area contributed by atoms with E-state index in [1.54, 1.807) is 31.3 Å². The van der Waals surface area contributed by atoms with Gasteiger partial charge < -0.3 is 29.1 Å². The second-order valence-electron chi connectivity index (χ2n) is 10.5. The van der Waals surface area contributed by atoms with Crippen molar-refractivity contribution in [1.82, 2.24) is 19.9 Å². The van der Waals surface area contributed by atoms with Crippen LogP contribution >= 0.6 is 11.6 Å². The van der Waals surface area contributed by atoms with Crippen molar-refractivity contribution in [2.24, 2.45) is 0 Å². The van der Waals surface area contributed by atoms with Crippen LogP contribution in [0.15, 0.2) is 53.3 Å². The molecule has 0 aliphatic carbocycles. The maximum absolute atomic E-state index is 14.2. The van der Waals surface area contributed by atoms with Crippen LogP contribution in [-0.4, -0.2) is 65.0 Å². The number of H-pyrrole nitrogens is 1. The molecule has 1 fully saturated rings. The van der Waals surface area contributed by atoms with Crippen LogP contribution in [0, 0.1) is 12.7 Å². The molecule has 1 aliphatic rings. The van der Waals surface area contributed by atoms with Gasteiger partial charge in [-0.05, 0) is 58.1 Å². The fraction of sp³-hybridized carbons (Fsp3) is 0.300. The topological polar surface area (TPSA) is 106 Å². The van der Waals surface area contributed by atoms with Crippen LogP contribution in [0.25, 0.3) is 22.0 Å². The molecule has 5 aromatic rings. The van der Waals surface area contributed by atoms with E-state index in [9.17, 15) is 9.18 Å². The number of benzene rings is 2. The summed E-state index contributed by atoms with van der Waals surface area (Å²) >= 11 is 6.58. The number of aromatic nitrogens is 3. The first-order valence-electron chi connectivity index (χ1n) is 13.3. The summed E-state index contributed by atoms with van der Waals surface area (Å²) in [6, 6.07) is 9.13. The Kier molecular flexibility index (Phi) is 7.37. The van der Waals surface area contributed by atoms with E-state index < -0.39 is 5.82 Å². The number of carbonyl (C=O) groups excluding carboxylic acids is 1. The molecule has 2 aromatic carbocycles. The number of rotatable bonds is 8. The van der Waals surface area contributed by atoms with Crippen molar-refractivity contribution in [3.63, 3.8) is 0 Å². The first-order valence-corrected chi connectivity index (χ1v) is 13.7. The number of carbonyl (C=O) groups is 1. The van der Waals surface area contributed by atoms with Crippen LogP contribution in [0.3, 0.4) is 0 Å². The van der Waals surface area contributed by atoms with Gasteiger partial charge in [0.1, 0.15) is 35.1 Å². The summed E-state index contributed by atoms with van der Waals surface area (Å²) in [5, 5.41) is 4.81. The molecule has 0 radical (unpaired) electrons. The van der Waals surface area contributed by atoms with Gasteiger partial charge in [0.15, 0.2) is 17.1 Å². The Balaban J connectivity index is 1.24. The number of halogens is 2. The van der Waals surface area contributed by atoms with Gasteiger partial charge in [-0.1, -0.05) is 11.6 Å². The highest BCUT2D eigenvalue weighted by Crippen LogP contribution is 2.36. The van der Waals surface area contributed by atoms with Gasteiger partial charge in [-0.25, -0.2) is 14.4 Å². The third-order valence-corrected chi connectivity index (χ3v) is 7.39. The molecule has 3 aromatic heterocycles. The summed E-state index contributed by atoms with van der Waals surface area (Å²) in [6.45, 7) is 3.20. The van der Waals surface area contributed by atoms with E-state index in [-0.39, 0.29) is 34.3 Å². The summed E-state index contributed by atoms with van der Waals surface area (Å²) in [5.41, 5.74) is 1.63. The zero-order valence-electron chi connectivity index (χ0n) is 22.8. The van der Waals surface area contributed by atoms with Crippen molar-refractivity contribution in [1.29, 1.82) is 0 Å². The first-order chi connectivity index (χ1) is 19.7. The maximum Gasteiger partial charge on any atom is 0.196 e. The molecular formula is C30H29ClFN5O4. The second kappa shape index (κ2) is 11.1. The molecule has 41 heavy (non-hydrogen) atoms. The molecule has 0 amide bonds. The lowest BCUT2D eigenvalue weighted by Crippen LogP contribution is -2.39. The first kappa shape index (κ1) is 27.2. The van der Waals surface area contributed by atoms with E-state index in [1.807, 2.05) is 14.1 Å². The monoisotopic (exact) mass is 577 g/mol. The Morgan fingerprint density at radius 3 is 2.80 bits per heavy atom. The van der Waals surface area contributed by atoms with Gasteiger partial charge in [-0.2, -0.15) is 0 Å². The minimum absolute atomic E-state index is 0.0524. The van der Waals surface area contributed by atoms with Crippen molar-refractivity contribution in [2.45, 2.75) is 31.9 Å². The van der Waals surface area contributed by atoms with Gasteiger partial charge in [0.25, 0.3) is 0 Å². The second-order valence-corrected chi connectivity index (χ2v) is 10.9. The van der Waals surface area contributed by atoms with Gasteiger partial charge in [-0.15, -0.1) is 0 Å². The fourth-order valence-electron chi connectivity index (χ4n) is 5.22. The molecule has 1 saturated heterocycles. The molecule has 11 heteroatoms. The molecule has 9 nitrogen and oxygen atoms in total. The fourth-order valence-corrected chi connectivity index (χ4v) is 5.48. The normalized spacial score (nSPS) is 17.4. The Labute approximate surface area is 240 Å². The van der Waals surface area contributed by atoms with Crippen molar-refractivity contribution in [3.8, 4) is 11.5 Å². The largest absolute Gasteiger partial charge is 0.457 e. The molecule has 212 valence electrons. The van der Waals surface area contributed by atoms with Crippen LogP contribution in [-0.2, 0) is 4.74 Å². The molecule has 2 atom stereocenters. The third-order valence-electron chi connectivity index (χ3n) is 7.08. The minimum Gasteiger partial charge on any atom is -0.457 e. The molecule has 6 rings (SSSR count). The highest BCUT2D eigenvalue weighted by atomic mass is 35.5. The lowest BCUT2D eigenvalue weighted by molar-refractivity contribution is -0.00380. The van der Waals surface area contributed by atoms with Crippen molar-refractivity contribution >= 4 is 45.2 Å². The Bertz CT molecular complexity index is 1740. The quantitative estimate of drug-likeness (QED) is 0.206. The average Bonchev–Trinajstić information content (AvgIpc) is 3.53. The van der Waals surface area contributed by atoms with Gasteiger partial charge in [-0.3, -0.25) is 4.79 Å². The standard InChI is InChI=1S/C30H29ClFN5O4/c1-16-8-17-9-18(32)10-25(28(17)40-16)41-20-6-7-22(24(31)11-20)27(38)23-12-33-29-26(23)30(35-15-34-29)36-19-4-5-21(39-14-19)13-37(2)3/h6-12,15,19,21H,4-5,13-14H2,1-3H3,(H2,33,34,35,36)/t19-,21+/m1/s1. The number of ether oxygens (including phenoxy) is 2. The SMILES string of the molecule is Cc1cc2cc(F)cc(Oc3ccc(C(=O)c4c[nH]c5ncnc(N[C@@H]6CC[C@@H](CN(C)C)OC6)c45)c(Cl)c3)c2o1. The number of furan rings is 1. The van der Waals surface area contributed by atoms with Gasteiger partial charge in [0, 0.05) is 35.8 Å². The average molecular weight is 578 g/mol. The lowest BCUT2D eigenvalue weighted by atomic mass is 10.0. The van der Waals surface area contributed by atoms with E-state index in [0.29, 0.717) is 51.5 Å². The Hall–Kier alpha value is -3.99. The highest BCUT2D eigenvalue weighted by Gasteiger charge is 2.25. The number of hydrogen-bond acceptors (Lipinski definition) is 8. The van der Waals surface area contributed by atoms with Crippen LogP contribution in [0.4, 0.5) is 10.2 Å². The van der Waals surface area contributed by atoms with Crippen molar-refractivity contribution < 1.29 is 23.1 Å². The highest BCUT2D eigenvalue weighted by molar-refractivity contribution is 6.35. The van der Waals surface area contributed by atoms with Crippen LogP contribution in [0.5, 0.6) is 11.5 Å². The number of nitrogens with zero attached hydrogens (tertiary/aromatic N) is 3. The number of nitrogens with one attached hydrogen (secondary N) is 2. The third kappa shape index (κ3) is 5.63. The maximum atomic E-state index is 14.2. The minimum atomic E-state index is -0.453. The predicted molar refractivity (Wildman–Crippen MR) is 155 cm³/mol. The molecule has 0 saturated carbocycles. The Morgan fingerprint density at radius 1 is 1.20 bits per heavy atom. The van der Waals surface area contributed by atoms with Crippen molar-refractivity contribution in [2.75, 3.05) is 32.6 Å². The molecular weight excluding hydrogens is 549 g/mol. The molecule has 4 heterocycles. The number of anilines is 1. The van der Waals surface area contributed by atoms with Crippen LogP contribution in [0.1, 0.15) is 34.5 Å². The number of aromatic amines is 1.